The van der Waals surface area contributed by atoms with Crippen molar-refractivity contribution in [3.8, 4) is 0 Å². The normalized spacial score (nSPS) is 21.7. The zero-order chi connectivity index (χ0) is 18.0. The molecule has 2 unspecified atom stereocenters. The molecule has 0 spiro atoms. The summed E-state index contributed by atoms with van der Waals surface area (Å²) < 4.78 is 27.0. The van der Waals surface area contributed by atoms with E-state index in [2.05, 4.69) is 15.4 Å². The lowest BCUT2D eigenvalue weighted by Gasteiger charge is -2.20. The highest BCUT2D eigenvalue weighted by Crippen LogP contribution is 2.14. The summed E-state index contributed by atoms with van der Waals surface area (Å²) in [6.07, 6.45) is -0.457. The lowest BCUT2D eigenvalue weighted by molar-refractivity contribution is 0.0927. The molecule has 4 N–H and O–H groups in total. The molecule has 0 saturated carbocycles. The van der Waals surface area contributed by atoms with E-state index >= 15 is 0 Å². The van der Waals surface area contributed by atoms with Crippen molar-refractivity contribution in [2.24, 2.45) is 5.92 Å². The van der Waals surface area contributed by atoms with Gasteiger partial charge < -0.3 is 15.7 Å². The van der Waals surface area contributed by atoms with Gasteiger partial charge >= 0.3 is 0 Å². The van der Waals surface area contributed by atoms with Gasteiger partial charge in [-0.3, -0.25) is 4.79 Å². The molecule has 2 rings (SSSR count). The molecule has 1 saturated heterocycles. The molecule has 1 fully saturated rings. The molecular formula is C16H25N3O4S. The number of hydrogen-bond donors (Lipinski definition) is 4. The molecule has 0 aliphatic carbocycles. The van der Waals surface area contributed by atoms with Gasteiger partial charge in [-0.1, -0.05) is 0 Å². The second-order valence-electron chi connectivity index (χ2n) is 7.08. The first-order chi connectivity index (χ1) is 11.1. The average molecular weight is 355 g/mol. The van der Waals surface area contributed by atoms with Gasteiger partial charge in [-0.2, -0.15) is 0 Å². The summed E-state index contributed by atoms with van der Waals surface area (Å²) in [5.41, 5.74) is -0.199. The maximum atomic E-state index is 12.2. The van der Waals surface area contributed by atoms with E-state index in [1.165, 1.54) is 24.3 Å². The first-order valence-electron chi connectivity index (χ1n) is 7.89. The summed E-state index contributed by atoms with van der Waals surface area (Å²) >= 11 is 0. The second kappa shape index (κ2) is 7.18. The largest absolute Gasteiger partial charge is 0.391 e. The van der Waals surface area contributed by atoms with Crippen molar-refractivity contribution in [2.45, 2.75) is 37.3 Å². The number of hydrogen-bond acceptors (Lipinski definition) is 5. The van der Waals surface area contributed by atoms with Crippen molar-refractivity contribution in [1.29, 1.82) is 0 Å². The molecule has 0 bridgehead atoms. The van der Waals surface area contributed by atoms with Crippen LogP contribution in [0.3, 0.4) is 0 Å². The molecule has 134 valence electrons. The van der Waals surface area contributed by atoms with E-state index in [1.807, 2.05) is 0 Å². The summed E-state index contributed by atoms with van der Waals surface area (Å²) in [6.45, 7) is 6.86. The van der Waals surface area contributed by atoms with E-state index in [0.717, 1.165) is 0 Å². The number of nitrogens with one attached hydrogen (secondary N) is 3. The molecule has 1 aliphatic rings. The predicted molar refractivity (Wildman–Crippen MR) is 91.2 cm³/mol. The van der Waals surface area contributed by atoms with Gasteiger partial charge in [0.1, 0.15) is 0 Å². The Morgan fingerprint density at radius 1 is 1.25 bits per heavy atom. The van der Waals surface area contributed by atoms with Crippen LogP contribution in [0.25, 0.3) is 0 Å². The monoisotopic (exact) mass is 355 g/mol. The molecule has 1 aromatic carbocycles. The Balaban J connectivity index is 1.99. The minimum absolute atomic E-state index is 0.00964. The van der Waals surface area contributed by atoms with Crippen LogP contribution < -0.4 is 15.4 Å². The zero-order valence-corrected chi connectivity index (χ0v) is 15.0. The molecule has 8 heteroatoms. The Bertz CT molecular complexity index is 680. The third kappa shape index (κ3) is 5.01. The molecule has 0 aromatic heterocycles. The van der Waals surface area contributed by atoms with Crippen LogP contribution in [0, 0.1) is 5.92 Å². The second-order valence-corrected chi connectivity index (χ2v) is 8.76. The Hall–Kier alpha value is -1.48. The van der Waals surface area contributed by atoms with Gasteiger partial charge in [0.05, 0.1) is 11.0 Å². The van der Waals surface area contributed by atoms with Crippen LogP contribution in [0.4, 0.5) is 0 Å². The number of benzene rings is 1. The first kappa shape index (κ1) is 18.9. The molecule has 2 atom stereocenters. The van der Waals surface area contributed by atoms with Crippen molar-refractivity contribution in [2.75, 3.05) is 19.6 Å². The number of β-amino-alcohol motifs (C(OH)–C–C–N with tert-alkyl or cyclic N) is 1. The number of aliphatic hydroxyl groups excluding tert-OH is 1. The van der Waals surface area contributed by atoms with E-state index in [4.69, 9.17) is 0 Å². The van der Waals surface area contributed by atoms with Crippen LogP contribution in [0.15, 0.2) is 29.2 Å². The Labute approximate surface area is 142 Å². The summed E-state index contributed by atoms with van der Waals surface area (Å²) in [6, 6.07) is 5.79. The molecule has 1 heterocycles. The number of aliphatic hydroxyl groups is 1. The van der Waals surface area contributed by atoms with Gasteiger partial charge in [0, 0.05) is 36.7 Å². The van der Waals surface area contributed by atoms with Crippen molar-refractivity contribution in [1.82, 2.24) is 15.4 Å². The van der Waals surface area contributed by atoms with Gasteiger partial charge in [-0.25, -0.2) is 13.1 Å². The van der Waals surface area contributed by atoms with E-state index in [1.54, 1.807) is 20.8 Å². The minimum Gasteiger partial charge on any atom is -0.391 e. The highest BCUT2D eigenvalue weighted by atomic mass is 32.2. The van der Waals surface area contributed by atoms with Crippen molar-refractivity contribution >= 4 is 15.9 Å². The highest BCUT2D eigenvalue weighted by molar-refractivity contribution is 7.89. The van der Waals surface area contributed by atoms with Gasteiger partial charge in [0.25, 0.3) is 5.91 Å². The fourth-order valence-electron chi connectivity index (χ4n) is 2.50. The molecule has 0 radical (unpaired) electrons. The number of sulfonamides is 1. The molecular weight excluding hydrogens is 330 g/mol. The Morgan fingerprint density at radius 2 is 1.88 bits per heavy atom. The van der Waals surface area contributed by atoms with Crippen molar-refractivity contribution in [3.05, 3.63) is 29.8 Å². The first-order valence-corrected chi connectivity index (χ1v) is 9.38. The Morgan fingerprint density at radius 3 is 2.38 bits per heavy atom. The number of carbonyl (C=O) groups excluding carboxylic acids is 1. The van der Waals surface area contributed by atoms with E-state index in [-0.39, 0.29) is 16.7 Å². The average Bonchev–Trinajstić information content (AvgIpc) is 2.88. The summed E-state index contributed by atoms with van der Waals surface area (Å²) in [5, 5.41) is 15.5. The summed E-state index contributed by atoms with van der Waals surface area (Å²) in [5.74, 6) is -0.300. The van der Waals surface area contributed by atoms with Crippen molar-refractivity contribution < 1.29 is 18.3 Å². The van der Waals surface area contributed by atoms with Gasteiger partial charge in [0.2, 0.25) is 10.0 Å². The summed E-state index contributed by atoms with van der Waals surface area (Å²) in [7, 11) is -3.62. The maximum absolute atomic E-state index is 12.2. The third-order valence-electron chi connectivity index (χ3n) is 3.70. The van der Waals surface area contributed by atoms with Crippen LogP contribution in [-0.2, 0) is 10.0 Å². The van der Waals surface area contributed by atoms with Crippen LogP contribution in [0.1, 0.15) is 31.1 Å². The van der Waals surface area contributed by atoms with Gasteiger partial charge in [0.15, 0.2) is 0 Å². The smallest absolute Gasteiger partial charge is 0.251 e. The molecule has 1 aliphatic heterocycles. The lowest BCUT2D eigenvalue weighted by atomic mass is 10.1. The van der Waals surface area contributed by atoms with E-state index < -0.39 is 21.7 Å². The molecule has 7 nitrogen and oxygen atoms in total. The number of rotatable bonds is 5. The fraction of sp³-hybridized carbons (Fsp3) is 0.562. The standard InChI is InChI=1S/C16H25N3O4S/c1-16(2,3)19-24(22,23)13-6-4-11(5-7-13)15(21)18-9-12-8-17-10-14(12)20/h4-7,12,14,17,19-20H,8-10H2,1-3H3,(H,18,21). The van der Waals surface area contributed by atoms with Crippen LogP contribution in [-0.4, -0.2) is 50.7 Å². The molecule has 24 heavy (non-hydrogen) atoms. The Kier molecular flexibility index (Phi) is 5.64. The number of carbonyl (C=O) groups is 1. The van der Waals surface area contributed by atoms with E-state index in [0.29, 0.717) is 25.2 Å². The van der Waals surface area contributed by atoms with Crippen LogP contribution in [0.2, 0.25) is 0 Å². The lowest BCUT2D eigenvalue weighted by Crippen LogP contribution is -2.40. The summed E-state index contributed by atoms with van der Waals surface area (Å²) in [4.78, 5) is 12.2. The predicted octanol–water partition coefficient (Wildman–Crippen LogP) is 0.0735. The zero-order valence-electron chi connectivity index (χ0n) is 14.2. The highest BCUT2D eigenvalue weighted by Gasteiger charge is 2.25. The van der Waals surface area contributed by atoms with Crippen molar-refractivity contribution in [3.63, 3.8) is 0 Å². The quantitative estimate of drug-likeness (QED) is 0.598. The fourth-order valence-corrected chi connectivity index (χ4v) is 3.92. The minimum atomic E-state index is -3.62. The topological polar surface area (TPSA) is 108 Å². The number of amides is 1. The SMILES string of the molecule is CC(C)(C)NS(=O)(=O)c1ccc(C(=O)NCC2CNCC2O)cc1. The maximum Gasteiger partial charge on any atom is 0.251 e. The third-order valence-corrected chi connectivity index (χ3v) is 5.47. The van der Waals surface area contributed by atoms with Gasteiger partial charge in [-0.05, 0) is 45.0 Å². The molecule has 1 amide bonds. The van der Waals surface area contributed by atoms with E-state index in [9.17, 15) is 18.3 Å². The van der Waals surface area contributed by atoms with Crippen LogP contribution in [0.5, 0.6) is 0 Å². The molecule has 1 aromatic rings. The van der Waals surface area contributed by atoms with Gasteiger partial charge in [-0.15, -0.1) is 0 Å². The van der Waals surface area contributed by atoms with Crippen LogP contribution >= 0.6 is 0 Å².